The molecule has 0 bridgehead atoms. The number of halogens is 1. The maximum atomic E-state index is 12.1. The predicted molar refractivity (Wildman–Crippen MR) is 130 cm³/mol. The number of hydrogen-bond acceptors (Lipinski definition) is 9. The van der Waals surface area contributed by atoms with Crippen LogP contribution < -0.4 is 15.2 Å². The van der Waals surface area contributed by atoms with E-state index in [-0.39, 0.29) is 12.7 Å². The number of rotatable bonds is 6. The number of fused-ring (bicyclic) bond motifs is 2. The molecule has 1 amide bonds. The highest BCUT2D eigenvalue weighted by atomic mass is 79.9. The fraction of sp³-hybridized carbons (Fsp3) is 0.455. The second-order valence-electron chi connectivity index (χ2n) is 8.45. The van der Waals surface area contributed by atoms with Crippen molar-refractivity contribution in [3.8, 4) is 11.5 Å². The van der Waals surface area contributed by atoms with Crippen LogP contribution in [0.15, 0.2) is 33.0 Å². The number of ether oxygens (including phenoxy) is 2. The summed E-state index contributed by atoms with van der Waals surface area (Å²) in [5.41, 5.74) is 7.39. The Morgan fingerprint density at radius 2 is 2.03 bits per heavy atom. The predicted octanol–water partition coefficient (Wildman–Crippen LogP) is 3.06. The van der Waals surface area contributed by atoms with Crippen molar-refractivity contribution in [3.05, 3.63) is 22.9 Å². The van der Waals surface area contributed by atoms with Crippen molar-refractivity contribution in [1.82, 2.24) is 24.4 Å². The zero-order valence-corrected chi connectivity index (χ0v) is 21.0. The minimum Gasteiger partial charge on any atom is -0.454 e. The van der Waals surface area contributed by atoms with E-state index in [1.165, 1.54) is 25.0 Å². The summed E-state index contributed by atoms with van der Waals surface area (Å²) in [5.74, 6) is 2.02. The molecular formula is C22H25BrN6O4S. The van der Waals surface area contributed by atoms with Gasteiger partial charge in [0, 0.05) is 29.0 Å². The van der Waals surface area contributed by atoms with Crippen molar-refractivity contribution >= 4 is 50.6 Å². The van der Waals surface area contributed by atoms with Gasteiger partial charge in [-0.2, -0.15) is 0 Å². The van der Waals surface area contributed by atoms with E-state index >= 15 is 0 Å². The molecule has 1 saturated heterocycles. The molecule has 1 atom stereocenters. The van der Waals surface area contributed by atoms with Crippen molar-refractivity contribution < 1.29 is 19.4 Å². The lowest BCUT2D eigenvalue weighted by Gasteiger charge is -2.32. The standard InChI is InChI=1S/C22H25BrN6O4S/c1-12(30)21(31)28-5-2-13(3-6-28)4-7-29-20-18(19(24)25-10-26-20)27-22(29)34-17-9-16-15(8-14(17)23)32-11-33-16/h8-10,12-13,30H,2-7,11H2,1H3,(H2,24,25,26). The molecule has 2 aromatic heterocycles. The molecule has 2 aliphatic heterocycles. The number of aliphatic hydroxyl groups excluding tert-OH is 1. The van der Waals surface area contributed by atoms with Crippen molar-refractivity contribution in [1.29, 1.82) is 0 Å². The molecule has 3 N–H and O–H groups in total. The zero-order chi connectivity index (χ0) is 23.8. The van der Waals surface area contributed by atoms with Gasteiger partial charge in [0.1, 0.15) is 12.4 Å². The molecule has 0 spiro atoms. The van der Waals surface area contributed by atoms with Crippen LogP contribution in [0.25, 0.3) is 11.2 Å². The van der Waals surface area contributed by atoms with Crippen LogP contribution in [0.3, 0.4) is 0 Å². The first-order valence-corrected chi connectivity index (χ1v) is 12.7. The topological polar surface area (TPSA) is 129 Å². The summed E-state index contributed by atoms with van der Waals surface area (Å²) in [7, 11) is 0. The number of nitrogens with two attached hydrogens (primary N) is 1. The van der Waals surface area contributed by atoms with Crippen molar-refractivity contribution in [2.45, 2.75) is 48.9 Å². The number of aryl methyl sites for hydroxylation is 1. The van der Waals surface area contributed by atoms with Gasteiger partial charge < -0.3 is 29.8 Å². The van der Waals surface area contributed by atoms with Gasteiger partial charge in [-0.15, -0.1) is 0 Å². The maximum absolute atomic E-state index is 12.1. The Balaban J connectivity index is 1.36. The Kier molecular flexibility index (Phi) is 6.54. The molecule has 1 fully saturated rings. The highest BCUT2D eigenvalue weighted by molar-refractivity contribution is 9.10. The quantitative estimate of drug-likeness (QED) is 0.477. The number of benzene rings is 1. The lowest BCUT2D eigenvalue weighted by atomic mass is 9.93. The summed E-state index contributed by atoms with van der Waals surface area (Å²) in [6, 6.07) is 3.83. The van der Waals surface area contributed by atoms with E-state index in [4.69, 9.17) is 20.2 Å². The summed E-state index contributed by atoms with van der Waals surface area (Å²) >= 11 is 5.12. The number of imidazole rings is 1. The number of anilines is 1. The summed E-state index contributed by atoms with van der Waals surface area (Å²) in [5, 5.41) is 10.3. The molecule has 1 unspecified atom stereocenters. The second-order valence-corrected chi connectivity index (χ2v) is 10.3. The third-order valence-corrected chi connectivity index (χ3v) is 8.17. The van der Waals surface area contributed by atoms with Crippen LogP contribution in [-0.4, -0.2) is 61.4 Å². The van der Waals surface area contributed by atoms with E-state index in [9.17, 15) is 9.90 Å². The van der Waals surface area contributed by atoms with Gasteiger partial charge in [-0.3, -0.25) is 4.79 Å². The van der Waals surface area contributed by atoms with Gasteiger partial charge in [-0.25, -0.2) is 15.0 Å². The number of piperidine rings is 1. The van der Waals surface area contributed by atoms with Crippen LogP contribution >= 0.6 is 27.7 Å². The molecule has 1 aromatic carbocycles. The Bertz CT molecular complexity index is 1230. The molecule has 12 heteroatoms. The number of carbonyl (C=O) groups excluding carboxylic acids is 1. The van der Waals surface area contributed by atoms with Gasteiger partial charge in [0.25, 0.3) is 5.91 Å². The van der Waals surface area contributed by atoms with Crippen LogP contribution in [0.4, 0.5) is 5.82 Å². The molecule has 4 heterocycles. The molecule has 34 heavy (non-hydrogen) atoms. The van der Waals surface area contributed by atoms with Gasteiger partial charge in [0.05, 0.1) is 0 Å². The first-order valence-electron chi connectivity index (χ1n) is 11.1. The second kappa shape index (κ2) is 9.59. The number of nitrogen functional groups attached to an aromatic ring is 1. The van der Waals surface area contributed by atoms with E-state index in [2.05, 4.69) is 30.5 Å². The summed E-state index contributed by atoms with van der Waals surface area (Å²) in [6.45, 7) is 3.78. The molecule has 180 valence electrons. The van der Waals surface area contributed by atoms with Crippen LogP contribution in [0.2, 0.25) is 0 Å². The zero-order valence-electron chi connectivity index (χ0n) is 18.6. The molecule has 0 aliphatic carbocycles. The Morgan fingerprint density at radius 3 is 2.76 bits per heavy atom. The van der Waals surface area contributed by atoms with Crippen LogP contribution in [-0.2, 0) is 11.3 Å². The summed E-state index contributed by atoms with van der Waals surface area (Å²) < 4.78 is 14.0. The first kappa shape index (κ1) is 23.2. The molecular weight excluding hydrogens is 524 g/mol. The van der Waals surface area contributed by atoms with E-state index in [0.717, 1.165) is 33.8 Å². The lowest BCUT2D eigenvalue weighted by molar-refractivity contribution is -0.140. The van der Waals surface area contributed by atoms with E-state index in [1.807, 2.05) is 12.1 Å². The average Bonchev–Trinajstić information content (AvgIpc) is 3.42. The molecule has 2 aliphatic rings. The maximum Gasteiger partial charge on any atom is 0.251 e. The van der Waals surface area contributed by atoms with Crippen molar-refractivity contribution in [3.63, 3.8) is 0 Å². The highest BCUT2D eigenvalue weighted by Gasteiger charge is 2.26. The Morgan fingerprint density at radius 1 is 1.29 bits per heavy atom. The van der Waals surface area contributed by atoms with Crippen molar-refractivity contribution in [2.75, 3.05) is 25.6 Å². The van der Waals surface area contributed by atoms with E-state index in [0.29, 0.717) is 54.0 Å². The number of amides is 1. The monoisotopic (exact) mass is 548 g/mol. The van der Waals surface area contributed by atoms with E-state index < -0.39 is 6.10 Å². The average molecular weight is 549 g/mol. The Hall–Kier alpha value is -2.57. The van der Waals surface area contributed by atoms with Crippen LogP contribution in [0.1, 0.15) is 26.2 Å². The molecule has 0 saturated carbocycles. The fourth-order valence-electron chi connectivity index (χ4n) is 4.31. The number of aliphatic hydroxyl groups is 1. The van der Waals surface area contributed by atoms with Gasteiger partial charge in [0.2, 0.25) is 6.79 Å². The normalized spacial score (nSPS) is 16.9. The van der Waals surface area contributed by atoms with Gasteiger partial charge in [-0.1, -0.05) is 11.8 Å². The minimum absolute atomic E-state index is 0.195. The fourth-order valence-corrected chi connectivity index (χ4v) is 5.82. The van der Waals surface area contributed by atoms with Crippen LogP contribution in [0.5, 0.6) is 11.5 Å². The first-order chi connectivity index (χ1) is 16.4. The smallest absolute Gasteiger partial charge is 0.251 e. The summed E-state index contributed by atoms with van der Waals surface area (Å²) in [6.07, 6.45) is 3.23. The van der Waals surface area contributed by atoms with Gasteiger partial charge in [0.15, 0.2) is 33.6 Å². The number of likely N-dealkylation sites (tertiary alicyclic amines) is 1. The third kappa shape index (κ3) is 4.53. The van der Waals surface area contributed by atoms with Gasteiger partial charge in [-0.05, 0) is 60.2 Å². The Labute approximate surface area is 209 Å². The number of carbonyl (C=O) groups is 1. The minimum atomic E-state index is -0.950. The number of nitrogens with zero attached hydrogens (tertiary/aromatic N) is 5. The van der Waals surface area contributed by atoms with Crippen LogP contribution in [0, 0.1) is 5.92 Å². The molecule has 3 aromatic rings. The summed E-state index contributed by atoms with van der Waals surface area (Å²) in [4.78, 5) is 28.1. The van der Waals surface area contributed by atoms with Gasteiger partial charge >= 0.3 is 0 Å². The highest BCUT2D eigenvalue weighted by Crippen LogP contribution is 2.43. The number of hydrogen-bond donors (Lipinski definition) is 2. The number of aromatic nitrogens is 4. The largest absolute Gasteiger partial charge is 0.454 e. The molecule has 10 nitrogen and oxygen atoms in total. The lowest BCUT2D eigenvalue weighted by Crippen LogP contribution is -2.43. The third-order valence-electron chi connectivity index (χ3n) is 6.20. The molecule has 5 rings (SSSR count). The molecule has 0 radical (unpaired) electrons. The SMILES string of the molecule is CC(O)C(=O)N1CCC(CCn2c(Sc3cc4c(cc3Br)OCO4)nc3c(N)ncnc32)CC1. The van der Waals surface area contributed by atoms with Crippen molar-refractivity contribution in [2.24, 2.45) is 5.92 Å². The van der Waals surface area contributed by atoms with E-state index in [1.54, 1.807) is 4.90 Å².